The van der Waals surface area contributed by atoms with E-state index in [1.807, 2.05) is 28.8 Å². The van der Waals surface area contributed by atoms with Crippen LogP contribution in [-0.2, 0) is 0 Å². The van der Waals surface area contributed by atoms with Gasteiger partial charge in [-0.05, 0) is 37.8 Å². The zero-order valence-electron chi connectivity index (χ0n) is 12.9. The molecule has 1 atom stereocenters. The number of pyridine rings is 1. The third-order valence-electron chi connectivity index (χ3n) is 4.75. The normalized spacial score (nSPS) is 20.7. The third-order valence-corrected chi connectivity index (χ3v) is 4.75. The molecule has 0 unspecified atom stereocenters. The summed E-state index contributed by atoms with van der Waals surface area (Å²) in [6.45, 7) is 1.29. The third kappa shape index (κ3) is 2.52. The Bertz CT molecular complexity index is 786. The molecule has 6 heteroatoms. The van der Waals surface area contributed by atoms with Crippen molar-refractivity contribution in [3.05, 3.63) is 35.8 Å². The molecule has 2 fully saturated rings. The Labute approximate surface area is 134 Å². The summed E-state index contributed by atoms with van der Waals surface area (Å²) in [7, 11) is 0. The van der Waals surface area contributed by atoms with Crippen molar-refractivity contribution in [2.24, 2.45) is 0 Å². The van der Waals surface area contributed by atoms with Gasteiger partial charge in [-0.15, -0.1) is 0 Å². The summed E-state index contributed by atoms with van der Waals surface area (Å²) >= 11 is 0. The number of fused-ring (bicyclic) bond motifs is 1. The summed E-state index contributed by atoms with van der Waals surface area (Å²) in [5.74, 6) is 0.315. The van der Waals surface area contributed by atoms with Gasteiger partial charge in [0.15, 0.2) is 11.9 Å². The van der Waals surface area contributed by atoms with Crippen LogP contribution >= 0.6 is 0 Å². The molecule has 1 aliphatic carbocycles. The van der Waals surface area contributed by atoms with Gasteiger partial charge >= 0.3 is 0 Å². The van der Waals surface area contributed by atoms with Gasteiger partial charge in [0, 0.05) is 25.2 Å². The molecule has 118 valence electrons. The smallest absolute Gasteiger partial charge is 0.271 e. The van der Waals surface area contributed by atoms with Crippen molar-refractivity contribution in [1.82, 2.24) is 19.6 Å². The summed E-state index contributed by atoms with van der Waals surface area (Å²) in [5, 5.41) is 12.1. The quantitative estimate of drug-likeness (QED) is 0.875. The summed E-state index contributed by atoms with van der Waals surface area (Å²) in [5.41, 5.74) is 2.39. The fourth-order valence-corrected chi connectivity index (χ4v) is 3.40. The highest BCUT2D eigenvalue weighted by Gasteiger charge is 2.33. The van der Waals surface area contributed by atoms with E-state index in [9.17, 15) is 4.79 Å². The Kier molecular flexibility index (Phi) is 3.41. The first kappa shape index (κ1) is 14.1. The number of rotatable bonds is 4. The Morgan fingerprint density at radius 1 is 1.39 bits per heavy atom. The van der Waals surface area contributed by atoms with Gasteiger partial charge in [0.25, 0.3) is 5.91 Å². The highest BCUT2D eigenvalue weighted by Crippen LogP contribution is 2.41. The fourth-order valence-electron chi connectivity index (χ4n) is 3.40. The molecule has 0 spiro atoms. The molecule has 2 aromatic heterocycles. The molecule has 1 amide bonds. The van der Waals surface area contributed by atoms with Crippen molar-refractivity contribution in [3.63, 3.8) is 0 Å². The number of carbonyl (C=O) groups is 1. The van der Waals surface area contributed by atoms with Gasteiger partial charge in [0.05, 0.1) is 11.7 Å². The predicted molar refractivity (Wildman–Crippen MR) is 84.8 cm³/mol. The lowest BCUT2D eigenvalue weighted by Gasteiger charge is -2.18. The lowest BCUT2D eigenvalue weighted by molar-refractivity contribution is 0.0940. The monoisotopic (exact) mass is 309 g/mol. The summed E-state index contributed by atoms with van der Waals surface area (Å²) in [4.78, 5) is 18.9. The molecule has 1 saturated heterocycles. The molecule has 2 aromatic rings. The molecule has 4 rings (SSSR count). The van der Waals surface area contributed by atoms with Gasteiger partial charge in [-0.2, -0.15) is 5.26 Å². The maximum atomic E-state index is 12.6. The van der Waals surface area contributed by atoms with Crippen LogP contribution in [0.4, 0.5) is 0 Å². The maximum absolute atomic E-state index is 12.6. The Morgan fingerprint density at radius 3 is 3.04 bits per heavy atom. The Balaban J connectivity index is 1.55. The lowest BCUT2D eigenvalue weighted by atomic mass is 10.2. The number of nitrogens with one attached hydrogen (secondary N) is 1. The van der Waals surface area contributed by atoms with E-state index in [1.165, 1.54) is 0 Å². The van der Waals surface area contributed by atoms with Gasteiger partial charge < -0.3 is 14.6 Å². The summed E-state index contributed by atoms with van der Waals surface area (Å²) < 4.78 is 2.03. The zero-order valence-corrected chi connectivity index (χ0v) is 12.9. The summed E-state index contributed by atoms with van der Waals surface area (Å²) in [6, 6.07) is 5.94. The molecule has 0 aromatic carbocycles. The standard InChI is InChI=1S/C17H19N5O/c18-11-21-8-3-4-13(21)10-19-17(23)15-16(12-6-7-12)22-9-2-1-5-14(22)20-15/h1-2,5,9,12-13H,3-4,6-8,10H2,(H,19,23)/t13-/m1/s1. The number of nitriles is 1. The van der Waals surface area contributed by atoms with Crippen LogP contribution in [-0.4, -0.2) is 39.3 Å². The highest BCUT2D eigenvalue weighted by atomic mass is 16.1. The molecule has 0 radical (unpaired) electrons. The van der Waals surface area contributed by atoms with E-state index < -0.39 is 0 Å². The Morgan fingerprint density at radius 2 is 2.26 bits per heavy atom. The van der Waals surface area contributed by atoms with Crippen LogP contribution in [0.3, 0.4) is 0 Å². The second-order valence-electron chi connectivity index (χ2n) is 6.35. The van der Waals surface area contributed by atoms with Crippen molar-refractivity contribution in [2.45, 2.75) is 37.6 Å². The lowest BCUT2D eigenvalue weighted by Crippen LogP contribution is -2.38. The van der Waals surface area contributed by atoms with Crippen molar-refractivity contribution < 1.29 is 4.79 Å². The average molecular weight is 309 g/mol. The largest absolute Gasteiger partial charge is 0.349 e. The van der Waals surface area contributed by atoms with Crippen molar-refractivity contribution >= 4 is 11.6 Å². The van der Waals surface area contributed by atoms with Gasteiger partial charge in [-0.25, -0.2) is 4.98 Å². The van der Waals surface area contributed by atoms with E-state index in [1.54, 1.807) is 4.90 Å². The number of likely N-dealkylation sites (tertiary alicyclic amines) is 1. The minimum atomic E-state index is -0.125. The van der Waals surface area contributed by atoms with E-state index in [0.29, 0.717) is 18.2 Å². The van der Waals surface area contributed by atoms with Crippen LogP contribution in [0.15, 0.2) is 24.4 Å². The topological polar surface area (TPSA) is 73.4 Å². The molecule has 0 bridgehead atoms. The molecule has 6 nitrogen and oxygen atoms in total. The number of carbonyl (C=O) groups excluding carboxylic acids is 1. The van der Waals surface area contributed by atoms with Crippen molar-refractivity contribution in [3.8, 4) is 6.19 Å². The number of amides is 1. The second-order valence-corrected chi connectivity index (χ2v) is 6.35. The molecule has 3 heterocycles. The van der Waals surface area contributed by atoms with Gasteiger partial charge in [-0.3, -0.25) is 4.79 Å². The van der Waals surface area contributed by atoms with E-state index in [-0.39, 0.29) is 11.9 Å². The molecular formula is C17H19N5O. The highest BCUT2D eigenvalue weighted by molar-refractivity contribution is 5.94. The fraction of sp³-hybridized carbons (Fsp3) is 0.471. The van der Waals surface area contributed by atoms with Crippen LogP contribution in [0.2, 0.25) is 0 Å². The number of hydrogen-bond donors (Lipinski definition) is 1. The summed E-state index contributed by atoms with van der Waals surface area (Å²) in [6.07, 6.45) is 8.37. The molecule has 1 N–H and O–H groups in total. The van der Waals surface area contributed by atoms with Crippen LogP contribution in [0.5, 0.6) is 0 Å². The Hall–Kier alpha value is -2.55. The van der Waals surface area contributed by atoms with Gasteiger partial charge in [0.2, 0.25) is 0 Å². The molecule has 2 aliphatic rings. The minimum Gasteiger partial charge on any atom is -0.349 e. The van der Waals surface area contributed by atoms with E-state index >= 15 is 0 Å². The van der Waals surface area contributed by atoms with Crippen LogP contribution < -0.4 is 5.32 Å². The number of imidazole rings is 1. The van der Waals surface area contributed by atoms with Crippen molar-refractivity contribution in [1.29, 1.82) is 5.26 Å². The van der Waals surface area contributed by atoms with Crippen molar-refractivity contribution in [2.75, 3.05) is 13.1 Å². The first-order valence-electron chi connectivity index (χ1n) is 8.19. The van der Waals surface area contributed by atoms with E-state index in [4.69, 9.17) is 5.26 Å². The van der Waals surface area contributed by atoms with Gasteiger partial charge in [-0.1, -0.05) is 6.07 Å². The first-order chi connectivity index (χ1) is 11.3. The minimum absolute atomic E-state index is 0.116. The van der Waals surface area contributed by atoms with Crippen LogP contribution in [0.1, 0.15) is 47.8 Å². The molecule has 1 saturated carbocycles. The molecular weight excluding hydrogens is 290 g/mol. The first-order valence-corrected chi connectivity index (χ1v) is 8.19. The molecule has 1 aliphatic heterocycles. The van der Waals surface area contributed by atoms with Gasteiger partial charge in [0.1, 0.15) is 5.65 Å². The maximum Gasteiger partial charge on any atom is 0.271 e. The number of aromatic nitrogens is 2. The van der Waals surface area contributed by atoms with Crippen LogP contribution in [0, 0.1) is 11.5 Å². The van der Waals surface area contributed by atoms with E-state index in [2.05, 4.69) is 16.5 Å². The average Bonchev–Trinajstić information content (AvgIpc) is 3.18. The molecule has 23 heavy (non-hydrogen) atoms. The number of hydrogen-bond acceptors (Lipinski definition) is 4. The van der Waals surface area contributed by atoms with Crippen LogP contribution in [0.25, 0.3) is 5.65 Å². The van der Waals surface area contributed by atoms with E-state index in [0.717, 1.165) is 43.6 Å². The number of nitrogens with zero attached hydrogens (tertiary/aromatic N) is 4. The predicted octanol–water partition coefficient (Wildman–Crippen LogP) is 1.89. The SMILES string of the molecule is N#CN1CCC[C@@H]1CNC(=O)c1nc2ccccn2c1C1CC1. The zero-order chi connectivity index (χ0) is 15.8. The second kappa shape index (κ2) is 5.58.